The first kappa shape index (κ1) is 14.5. The molecule has 3 N–H and O–H groups in total. The summed E-state index contributed by atoms with van der Waals surface area (Å²) in [4.78, 5) is 45.6. The molecule has 0 bridgehead atoms. The molecule has 8 heteroatoms. The number of benzene rings is 1. The van der Waals surface area contributed by atoms with E-state index in [2.05, 4.69) is 5.32 Å². The number of carboxylic acids is 2. The highest BCUT2D eigenvalue weighted by atomic mass is 16.4. The first-order valence-corrected chi connectivity index (χ1v) is 6.02. The van der Waals surface area contributed by atoms with E-state index in [9.17, 15) is 19.2 Å². The van der Waals surface area contributed by atoms with Crippen LogP contribution in [0.2, 0.25) is 0 Å². The fourth-order valence-corrected chi connectivity index (χ4v) is 2.07. The van der Waals surface area contributed by atoms with Gasteiger partial charge in [0, 0.05) is 11.3 Å². The van der Waals surface area contributed by atoms with E-state index in [0.29, 0.717) is 11.3 Å². The van der Waals surface area contributed by atoms with Crippen molar-refractivity contribution in [2.24, 2.45) is 0 Å². The fourth-order valence-electron chi connectivity index (χ4n) is 2.07. The lowest BCUT2D eigenvalue weighted by Crippen LogP contribution is -2.39. The van der Waals surface area contributed by atoms with Crippen LogP contribution in [0.3, 0.4) is 0 Å². The molecule has 0 saturated carbocycles. The Hall–Kier alpha value is -2.90. The Kier molecular flexibility index (Phi) is 3.88. The van der Waals surface area contributed by atoms with Gasteiger partial charge in [0.25, 0.3) is 5.91 Å². The molecule has 1 aromatic carbocycles. The molecule has 2 rings (SSSR count). The minimum atomic E-state index is -1.30. The molecule has 0 unspecified atom stereocenters. The minimum Gasteiger partial charge on any atom is -0.480 e. The van der Waals surface area contributed by atoms with Crippen molar-refractivity contribution in [1.29, 1.82) is 0 Å². The number of rotatable bonds is 5. The first-order valence-electron chi connectivity index (χ1n) is 6.02. The highest BCUT2D eigenvalue weighted by Gasteiger charge is 2.24. The van der Waals surface area contributed by atoms with Gasteiger partial charge in [0.1, 0.15) is 13.1 Å². The van der Waals surface area contributed by atoms with E-state index in [1.165, 1.54) is 18.2 Å². The predicted octanol–water partition coefficient (Wildman–Crippen LogP) is -0.207. The van der Waals surface area contributed by atoms with Crippen molar-refractivity contribution >= 4 is 29.4 Å². The van der Waals surface area contributed by atoms with Crippen LogP contribution in [-0.4, -0.2) is 52.0 Å². The van der Waals surface area contributed by atoms with Crippen LogP contribution >= 0.6 is 0 Å². The molecule has 0 spiro atoms. The van der Waals surface area contributed by atoms with E-state index in [-0.39, 0.29) is 17.9 Å². The summed E-state index contributed by atoms with van der Waals surface area (Å²) in [5, 5.41) is 20.1. The summed E-state index contributed by atoms with van der Waals surface area (Å²) < 4.78 is 0. The summed E-state index contributed by atoms with van der Waals surface area (Å²) in [5.41, 5.74) is 1.36. The average Bonchev–Trinajstić information content (AvgIpc) is 2.74. The average molecular weight is 292 g/mol. The van der Waals surface area contributed by atoms with Crippen LogP contribution in [-0.2, 0) is 20.8 Å². The lowest BCUT2D eigenvalue weighted by molar-refractivity contribution is -0.140. The van der Waals surface area contributed by atoms with Gasteiger partial charge in [-0.25, -0.2) is 0 Å². The third kappa shape index (κ3) is 3.35. The molecule has 0 radical (unpaired) electrons. The number of nitrogens with one attached hydrogen (secondary N) is 1. The molecular weight excluding hydrogens is 280 g/mol. The lowest BCUT2D eigenvalue weighted by Gasteiger charge is -2.18. The summed E-state index contributed by atoms with van der Waals surface area (Å²) in [6.45, 7) is -1.42. The number of carbonyl (C=O) groups is 4. The van der Waals surface area contributed by atoms with Crippen LogP contribution < -0.4 is 5.32 Å². The zero-order valence-electron chi connectivity index (χ0n) is 10.8. The SMILES string of the molecule is O=C(O)CN(CC(=O)O)C(=O)c1ccc2c(c1)CC(=O)N2. The van der Waals surface area contributed by atoms with Crippen LogP contribution in [0.25, 0.3) is 0 Å². The number of hydrogen-bond donors (Lipinski definition) is 3. The summed E-state index contributed by atoms with van der Waals surface area (Å²) in [6, 6.07) is 4.42. The van der Waals surface area contributed by atoms with Gasteiger partial charge >= 0.3 is 11.9 Å². The number of hydrogen-bond acceptors (Lipinski definition) is 4. The van der Waals surface area contributed by atoms with Crippen LogP contribution in [0, 0.1) is 0 Å². The maximum Gasteiger partial charge on any atom is 0.323 e. The molecule has 1 aromatic rings. The number of amides is 2. The second-order valence-electron chi connectivity index (χ2n) is 4.55. The van der Waals surface area contributed by atoms with Crippen molar-refractivity contribution in [3.63, 3.8) is 0 Å². The van der Waals surface area contributed by atoms with Gasteiger partial charge in [-0.3, -0.25) is 19.2 Å². The highest BCUT2D eigenvalue weighted by Crippen LogP contribution is 2.24. The normalized spacial score (nSPS) is 12.5. The second-order valence-corrected chi connectivity index (χ2v) is 4.55. The molecule has 0 aromatic heterocycles. The van der Waals surface area contributed by atoms with Crippen LogP contribution in [0.1, 0.15) is 15.9 Å². The Morgan fingerprint density at radius 1 is 1.14 bits per heavy atom. The molecule has 1 heterocycles. The van der Waals surface area contributed by atoms with Crippen molar-refractivity contribution in [3.8, 4) is 0 Å². The molecule has 0 fully saturated rings. The van der Waals surface area contributed by atoms with Gasteiger partial charge in [-0.2, -0.15) is 0 Å². The van der Waals surface area contributed by atoms with Crippen LogP contribution in [0.5, 0.6) is 0 Å². The first-order chi connectivity index (χ1) is 9.86. The van der Waals surface area contributed by atoms with Crippen molar-refractivity contribution in [3.05, 3.63) is 29.3 Å². The lowest BCUT2D eigenvalue weighted by atomic mass is 10.1. The zero-order chi connectivity index (χ0) is 15.6. The topological polar surface area (TPSA) is 124 Å². The quantitative estimate of drug-likeness (QED) is 0.690. The Morgan fingerprint density at radius 2 is 1.76 bits per heavy atom. The number of fused-ring (bicyclic) bond motifs is 1. The minimum absolute atomic E-state index is 0.133. The van der Waals surface area contributed by atoms with E-state index < -0.39 is 30.9 Å². The summed E-state index contributed by atoms with van der Waals surface area (Å²) in [7, 11) is 0. The Bertz CT molecular complexity index is 624. The van der Waals surface area contributed by atoms with Gasteiger partial charge < -0.3 is 20.4 Å². The summed E-state index contributed by atoms with van der Waals surface area (Å²) >= 11 is 0. The third-order valence-corrected chi connectivity index (χ3v) is 2.92. The van der Waals surface area contributed by atoms with E-state index in [4.69, 9.17) is 10.2 Å². The number of anilines is 1. The predicted molar refractivity (Wildman–Crippen MR) is 70.0 cm³/mol. The van der Waals surface area contributed by atoms with Crippen LogP contribution in [0.15, 0.2) is 18.2 Å². The molecule has 1 aliphatic rings. The van der Waals surface area contributed by atoms with Crippen molar-refractivity contribution in [2.75, 3.05) is 18.4 Å². The zero-order valence-corrected chi connectivity index (χ0v) is 10.8. The number of aliphatic carboxylic acids is 2. The third-order valence-electron chi connectivity index (χ3n) is 2.92. The Balaban J connectivity index is 2.24. The van der Waals surface area contributed by atoms with E-state index in [0.717, 1.165) is 4.90 Å². The van der Waals surface area contributed by atoms with Gasteiger partial charge in [-0.1, -0.05) is 0 Å². The van der Waals surface area contributed by atoms with Gasteiger partial charge in [0.15, 0.2) is 0 Å². The van der Waals surface area contributed by atoms with Crippen molar-refractivity contribution in [1.82, 2.24) is 4.90 Å². The van der Waals surface area contributed by atoms with Crippen molar-refractivity contribution in [2.45, 2.75) is 6.42 Å². The van der Waals surface area contributed by atoms with Crippen molar-refractivity contribution < 1.29 is 29.4 Å². The standard InChI is InChI=1S/C13H12N2O6/c16-10-4-8-3-7(1-2-9(8)14-10)13(21)15(5-11(17)18)6-12(19)20/h1-3H,4-6H2,(H,14,16)(H,17,18)(H,19,20). The second kappa shape index (κ2) is 5.61. The maximum absolute atomic E-state index is 12.2. The molecule has 8 nitrogen and oxygen atoms in total. The van der Waals surface area contributed by atoms with Crippen LogP contribution in [0.4, 0.5) is 5.69 Å². The van der Waals surface area contributed by atoms with Gasteiger partial charge in [0.2, 0.25) is 5.91 Å². The van der Waals surface area contributed by atoms with E-state index in [1.807, 2.05) is 0 Å². The molecular formula is C13H12N2O6. The molecule has 1 aliphatic heterocycles. The van der Waals surface area contributed by atoms with E-state index >= 15 is 0 Å². The molecule has 21 heavy (non-hydrogen) atoms. The number of nitrogens with zero attached hydrogens (tertiary/aromatic N) is 1. The molecule has 0 saturated heterocycles. The van der Waals surface area contributed by atoms with Gasteiger partial charge in [-0.05, 0) is 23.8 Å². The summed E-state index contributed by atoms with van der Waals surface area (Å²) in [6.07, 6.45) is 0.133. The molecule has 110 valence electrons. The molecule has 0 aliphatic carbocycles. The fraction of sp³-hybridized carbons (Fsp3) is 0.231. The largest absolute Gasteiger partial charge is 0.480 e. The monoisotopic (exact) mass is 292 g/mol. The number of carboxylic acid groups (broad SMARTS) is 2. The molecule has 2 amide bonds. The van der Waals surface area contributed by atoms with Gasteiger partial charge in [-0.15, -0.1) is 0 Å². The maximum atomic E-state index is 12.2. The Morgan fingerprint density at radius 3 is 2.33 bits per heavy atom. The number of carbonyl (C=O) groups excluding carboxylic acids is 2. The summed E-state index contributed by atoms with van der Waals surface area (Å²) in [5.74, 6) is -3.50. The highest BCUT2D eigenvalue weighted by molar-refractivity contribution is 6.02. The van der Waals surface area contributed by atoms with E-state index in [1.54, 1.807) is 0 Å². The molecule has 0 atom stereocenters. The van der Waals surface area contributed by atoms with Gasteiger partial charge in [0.05, 0.1) is 6.42 Å². The Labute approximate surface area is 119 Å². The smallest absolute Gasteiger partial charge is 0.323 e.